The lowest BCUT2D eigenvalue weighted by Gasteiger charge is -2.45. The molecule has 1 unspecified atom stereocenters. The zero-order chi connectivity index (χ0) is 25.2. The van der Waals surface area contributed by atoms with E-state index in [2.05, 4.69) is 106 Å². The van der Waals surface area contributed by atoms with E-state index in [0.717, 1.165) is 24.7 Å². The maximum atomic E-state index is 11.6. The summed E-state index contributed by atoms with van der Waals surface area (Å²) in [6, 6.07) is 29.2. The minimum Gasteiger partial charge on any atom is -0.399 e. The molecule has 0 bridgehead atoms. The molecule has 0 aliphatic carbocycles. The molecule has 0 N–H and O–H groups in total. The van der Waals surface area contributed by atoms with Crippen LogP contribution in [-0.2, 0) is 4.43 Å². The highest BCUT2D eigenvalue weighted by atomic mass is 28.4. The smallest absolute Gasteiger partial charge is 0.261 e. The van der Waals surface area contributed by atoms with Crippen LogP contribution in [0.4, 0.5) is 0 Å². The molecule has 3 aromatic rings. The fourth-order valence-corrected chi connectivity index (χ4v) is 9.34. The molecule has 0 saturated heterocycles. The summed E-state index contributed by atoms with van der Waals surface area (Å²) in [6.45, 7) is 9.07. The molecular weight excluding hydrogens is 444 g/mol. The molecule has 0 fully saturated rings. The van der Waals surface area contributed by atoms with Gasteiger partial charge in [-0.25, -0.2) is 0 Å². The summed E-state index contributed by atoms with van der Waals surface area (Å²) in [6.07, 6.45) is 5.70. The predicted molar refractivity (Wildman–Crippen MR) is 150 cm³/mol. The molecule has 0 aliphatic rings. The average molecular weight is 483 g/mol. The lowest BCUT2D eigenvalue weighted by atomic mass is 10.0. The Morgan fingerprint density at radius 1 is 0.857 bits per heavy atom. The molecule has 0 spiro atoms. The number of hydrogen-bond acceptors (Lipinski definition) is 2. The Morgan fingerprint density at radius 3 is 2.03 bits per heavy atom. The van der Waals surface area contributed by atoms with Crippen molar-refractivity contribution in [3.8, 4) is 11.8 Å². The van der Waals surface area contributed by atoms with Crippen LogP contribution in [0.25, 0.3) is 0 Å². The van der Waals surface area contributed by atoms with Gasteiger partial charge in [-0.1, -0.05) is 119 Å². The van der Waals surface area contributed by atoms with Crippen LogP contribution in [0.1, 0.15) is 81.8 Å². The quantitative estimate of drug-likeness (QED) is 0.133. The standard InChI is InChI=1S/C32H38O2Si/c1-5-6-7-8-9-16-24-31(28-19-17-18-27(25-28)26-33)34-35(32(2,3)4,29-20-12-10-13-21-29)30-22-14-11-15-23-30/h10-15,17-23,25-26,31H,5-8,24H2,1-4H3. The van der Waals surface area contributed by atoms with Gasteiger partial charge < -0.3 is 4.43 Å². The van der Waals surface area contributed by atoms with Crippen molar-refractivity contribution in [1.82, 2.24) is 0 Å². The van der Waals surface area contributed by atoms with Gasteiger partial charge in [0.25, 0.3) is 8.32 Å². The maximum Gasteiger partial charge on any atom is 0.261 e. The molecule has 182 valence electrons. The molecule has 0 aliphatic heterocycles. The first-order valence-electron chi connectivity index (χ1n) is 12.7. The van der Waals surface area contributed by atoms with Crippen LogP contribution in [-0.4, -0.2) is 14.6 Å². The highest BCUT2D eigenvalue weighted by Gasteiger charge is 2.51. The number of benzene rings is 3. The zero-order valence-electron chi connectivity index (χ0n) is 21.6. The van der Waals surface area contributed by atoms with Crippen LogP contribution in [0.5, 0.6) is 0 Å². The Hall–Kier alpha value is -2.93. The van der Waals surface area contributed by atoms with Crippen LogP contribution in [0.15, 0.2) is 84.9 Å². The van der Waals surface area contributed by atoms with Crippen molar-refractivity contribution in [2.24, 2.45) is 0 Å². The van der Waals surface area contributed by atoms with E-state index in [-0.39, 0.29) is 11.1 Å². The maximum absolute atomic E-state index is 11.6. The third-order valence-electron chi connectivity index (χ3n) is 6.47. The molecule has 0 heterocycles. The van der Waals surface area contributed by atoms with Crippen molar-refractivity contribution >= 4 is 25.0 Å². The predicted octanol–water partition coefficient (Wildman–Crippen LogP) is 7.09. The number of carbonyl (C=O) groups is 1. The Morgan fingerprint density at radius 2 is 1.49 bits per heavy atom. The van der Waals surface area contributed by atoms with Gasteiger partial charge in [0.2, 0.25) is 0 Å². The van der Waals surface area contributed by atoms with Crippen molar-refractivity contribution in [2.45, 2.75) is 70.9 Å². The van der Waals surface area contributed by atoms with Crippen LogP contribution in [0.2, 0.25) is 5.04 Å². The van der Waals surface area contributed by atoms with Crippen LogP contribution in [0, 0.1) is 11.8 Å². The highest BCUT2D eigenvalue weighted by molar-refractivity contribution is 6.99. The lowest BCUT2D eigenvalue weighted by Crippen LogP contribution is -2.66. The van der Waals surface area contributed by atoms with Gasteiger partial charge in [0, 0.05) is 18.4 Å². The third kappa shape index (κ3) is 6.60. The fraction of sp³-hybridized carbons (Fsp3) is 0.344. The van der Waals surface area contributed by atoms with Crippen LogP contribution in [0.3, 0.4) is 0 Å². The second-order valence-electron chi connectivity index (χ2n) is 10.1. The van der Waals surface area contributed by atoms with Gasteiger partial charge in [0.15, 0.2) is 0 Å². The van der Waals surface area contributed by atoms with Gasteiger partial charge in [0.1, 0.15) is 6.29 Å². The molecule has 3 aromatic carbocycles. The largest absolute Gasteiger partial charge is 0.399 e. The number of carbonyl (C=O) groups excluding carboxylic acids is 1. The third-order valence-corrected chi connectivity index (χ3v) is 11.5. The molecule has 0 radical (unpaired) electrons. The first-order chi connectivity index (χ1) is 16.9. The van der Waals surface area contributed by atoms with E-state index in [4.69, 9.17) is 4.43 Å². The number of unbranched alkanes of at least 4 members (excludes halogenated alkanes) is 3. The van der Waals surface area contributed by atoms with Crippen LogP contribution >= 0.6 is 0 Å². The van der Waals surface area contributed by atoms with Crippen molar-refractivity contribution in [3.63, 3.8) is 0 Å². The normalized spacial score (nSPS) is 12.5. The molecular formula is C32H38O2Si. The Labute approximate surface area is 212 Å². The molecule has 0 saturated carbocycles. The summed E-state index contributed by atoms with van der Waals surface area (Å²) in [7, 11) is -2.76. The zero-order valence-corrected chi connectivity index (χ0v) is 22.6. The lowest BCUT2D eigenvalue weighted by molar-refractivity contribution is 0.112. The Balaban J connectivity index is 2.12. The second-order valence-corrected chi connectivity index (χ2v) is 14.3. The van der Waals surface area contributed by atoms with Gasteiger partial charge in [-0.2, -0.15) is 0 Å². The molecule has 0 aromatic heterocycles. The van der Waals surface area contributed by atoms with E-state index in [1.807, 2.05) is 18.2 Å². The van der Waals surface area contributed by atoms with Gasteiger partial charge in [-0.05, 0) is 33.5 Å². The summed E-state index contributed by atoms with van der Waals surface area (Å²) in [5.41, 5.74) is 1.67. The van der Waals surface area contributed by atoms with E-state index in [0.29, 0.717) is 12.0 Å². The van der Waals surface area contributed by atoms with E-state index < -0.39 is 8.32 Å². The van der Waals surface area contributed by atoms with Crippen LogP contribution < -0.4 is 10.4 Å². The van der Waals surface area contributed by atoms with E-state index in [1.54, 1.807) is 0 Å². The molecule has 35 heavy (non-hydrogen) atoms. The molecule has 3 rings (SSSR count). The van der Waals surface area contributed by atoms with E-state index in [1.165, 1.54) is 23.2 Å². The first kappa shape index (κ1) is 26.7. The Kier molecular flexibility index (Phi) is 9.66. The summed E-state index contributed by atoms with van der Waals surface area (Å²) in [5.74, 6) is 6.79. The number of hydrogen-bond donors (Lipinski definition) is 0. The topological polar surface area (TPSA) is 26.3 Å². The van der Waals surface area contributed by atoms with Gasteiger partial charge >= 0.3 is 0 Å². The van der Waals surface area contributed by atoms with Crippen molar-refractivity contribution in [2.75, 3.05) is 0 Å². The van der Waals surface area contributed by atoms with Crippen molar-refractivity contribution < 1.29 is 9.22 Å². The number of rotatable bonds is 10. The number of aldehydes is 1. The summed E-state index contributed by atoms with van der Waals surface area (Å²) in [5, 5.41) is 2.35. The summed E-state index contributed by atoms with van der Waals surface area (Å²) < 4.78 is 7.41. The molecule has 1 atom stereocenters. The van der Waals surface area contributed by atoms with Gasteiger partial charge in [-0.15, -0.1) is 11.8 Å². The molecule has 0 amide bonds. The van der Waals surface area contributed by atoms with Crippen molar-refractivity contribution in [3.05, 3.63) is 96.1 Å². The summed E-state index contributed by atoms with van der Waals surface area (Å²) in [4.78, 5) is 11.6. The van der Waals surface area contributed by atoms with Crippen molar-refractivity contribution in [1.29, 1.82) is 0 Å². The SMILES string of the molecule is CCCCCC#CCC(O[Si](c1ccccc1)(c1ccccc1)C(C)(C)C)c1cccc(C=O)c1. The fourth-order valence-electron chi connectivity index (χ4n) is 4.68. The average Bonchev–Trinajstić information content (AvgIpc) is 2.88. The second kappa shape index (κ2) is 12.7. The minimum atomic E-state index is -2.76. The summed E-state index contributed by atoms with van der Waals surface area (Å²) >= 11 is 0. The Bertz CT molecular complexity index is 1080. The highest BCUT2D eigenvalue weighted by Crippen LogP contribution is 2.40. The monoisotopic (exact) mass is 482 g/mol. The van der Waals surface area contributed by atoms with E-state index in [9.17, 15) is 4.79 Å². The molecule has 3 heteroatoms. The minimum absolute atomic E-state index is 0.134. The van der Waals surface area contributed by atoms with Gasteiger partial charge in [-0.3, -0.25) is 4.79 Å². The first-order valence-corrected chi connectivity index (χ1v) is 14.6. The molecule has 2 nitrogen and oxygen atoms in total. The van der Waals surface area contributed by atoms with E-state index >= 15 is 0 Å². The van der Waals surface area contributed by atoms with Gasteiger partial charge in [0.05, 0.1) is 6.10 Å².